The lowest BCUT2D eigenvalue weighted by atomic mass is 10.2. The van der Waals surface area contributed by atoms with E-state index >= 15 is 0 Å². The van der Waals surface area contributed by atoms with Crippen molar-refractivity contribution in [2.45, 2.75) is 6.54 Å². The second-order valence-electron chi connectivity index (χ2n) is 4.26. The van der Waals surface area contributed by atoms with Crippen LogP contribution in [0, 0.1) is 0 Å². The summed E-state index contributed by atoms with van der Waals surface area (Å²) in [6.45, 7) is 0.657. The molecule has 2 N–H and O–H groups in total. The van der Waals surface area contributed by atoms with Gasteiger partial charge in [-0.15, -0.1) is 0 Å². The van der Waals surface area contributed by atoms with Crippen molar-refractivity contribution < 1.29 is 0 Å². The standard InChI is InChI=1S/C14H11BrClN3/c15-10-5-2-1-4-9(10)8-19-12-7-3-6-11(16)13(12)18-14(19)17/h1-7H,8H2,(H2,17,18). The number of hydrogen-bond donors (Lipinski definition) is 1. The molecule has 19 heavy (non-hydrogen) atoms. The van der Waals surface area contributed by atoms with E-state index in [0.717, 1.165) is 21.1 Å². The van der Waals surface area contributed by atoms with Gasteiger partial charge < -0.3 is 10.3 Å². The van der Waals surface area contributed by atoms with Crippen LogP contribution in [0.2, 0.25) is 5.02 Å². The molecule has 0 fully saturated rings. The molecule has 0 radical (unpaired) electrons. The number of aromatic nitrogens is 2. The number of rotatable bonds is 2. The van der Waals surface area contributed by atoms with Crippen molar-refractivity contribution in [1.29, 1.82) is 0 Å². The minimum atomic E-state index is 0.471. The summed E-state index contributed by atoms with van der Waals surface area (Å²) in [5, 5.41) is 0.620. The molecule has 0 atom stereocenters. The quantitative estimate of drug-likeness (QED) is 0.766. The monoisotopic (exact) mass is 335 g/mol. The van der Waals surface area contributed by atoms with Crippen LogP contribution >= 0.6 is 27.5 Å². The van der Waals surface area contributed by atoms with Gasteiger partial charge in [-0.05, 0) is 23.8 Å². The number of nitrogen functional groups attached to an aromatic ring is 1. The number of imidazole rings is 1. The molecule has 0 aliphatic carbocycles. The van der Waals surface area contributed by atoms with E-state index < -0.39 is 0 Å². The van der Waals surface area contributed by atoms with Crippen LogP contribution in [0.1, 0.15) is 5.56 Å². The SMILES string of the molecule is Nc1nc2c(Cl)cccc2n1Cc1ccccc1Br. The third-order valence-corrected chi connectivity index (χ3v) is 4.12. The van der Waals surface area contributed by atoms with Gasteiger partial charge in [-0.25, -0.2) is 4.98 Å². The van der Waals surface area contributed by atoms with Crippen molar-refractivity contribution >= 4 is 44.5 Å². The Labute approximate surface area is 124 Å². The number of fused-ring (bicyclic) bond motifs is 1. The number of halogens is 2. The smallest absolute Gasteiger partial charge is 0.201 e. The maximum atomic E-state index is 6.14. The Morgan fingerprint density at radius 2 is 1.95 bits per heavy atom. The first-order valence-corrected chi connectivity index (χ1v) is 6.97. The van der Waals surface area contributed by atoms with E-state index in [-0.39, 0.29) is 0 Å². The Kier molecular flexibility index (Phi) is 3.21. The van der Waals surface area contributed by atoms with E-state index in [9.17, 15) is 0 Å². The maximum Gasteiger partial charge on any atom is 0.201 e. The molecule has 0 saturated carbocycles. The lowest BCUT2D eigenvalue weighted by Gasteiger charge is -2.08. The number of nitrogens with zero attached hydrogens (tertiary/aromatic N) is 2. The highest BCUT2D eigenvalue weighted by Crippen LogP contribution is 2.27. The predicted molar refractivity (Wildman–Crippen MR) is 82.4 cm³/mol. The zero-order valence-electron chi connectivity index (χ0n) is 9.98. The molecule has 96 valence electrons. The van der Waals surface area contributed by atoms with E-state index in [1.165, 1.54) is 0 Å². The van der Waals surface area contributed by atoms with Gasteiger partial charge in [0.25, 0.3) is 0 Å². The second kappa shape index (κ2) is 4.87. The molecule has 5 heteroatoms. The molecule has 0 unspecified atom stereocenters. The summed E-state index contributed by atoms with van der Waals surface area (Å²) >= 11 is 9.68. The first kappa shape index (κ1) is 12.5. The van der Waals surface area contributed by atoms with Gasteiger partial charge in [0.15, 0.2) is 0 Å². The third kappa shape index (κ3) is 2.22. The Balaban J connectivity index is 2.13. The molecule has 2 aromatic carbocycles. The van der Waals surface area contributed by atoms with Gasteiger partial charge in [-0.3, -0.25) is 0 Å². The largest absolute Gasteiger partial charge is 0.369 e. The summed E-state index contributed by atoms with van der Waals surface area (Å²) in [7, 11) is 0. The van der Waals surface area contributed by atoms with Crippen molar-refractivity contribution in [1.82, 2.24) is 9.55 Å². The fourth-order valence-corrected chi connectivity index (χ4v) is 2.72. The second-order valence-corrected chi connectivity index (χ2v) is 5.52. The molecule has 3 rings (SSSR count). The summed E-state index contributed by atoms with van der Waals surface area (Å²) in [6, 6.07) is 13.8. The number of benzene rings is 2. The predicted octanol–water partition coefficient (Wildman–Crippen LogP) is 4.08. The molecule has 3 aromatic rings. The highest BCUT2D eigenvalue weighted by atomic mass is 79.9. The summed E-state index contributed by atoms with van der Waals surface area (Å²) < 4.78 is 3.01. The molecule has 1 heterocycles. The third-order valence-electron chi connectivity index (χ3n) is 3.05. The fourth-order valence-electron chi connectivity index (χ4n) is 2.09. The fraction of sp³-hybridized carbons (Fsp3) is 0.0714. The van der Waals surface area contributed by atoms with E-state index in [4.69, 9.17) is 17.3 Å². The lowest BCUT2D eigenvalue weighted by Crippen LogP contribution is -2.04. The molecular formula is C14H11BrClN3. The van der Waals surface area contributed by atoms with Crippen LogP contribution in [0.3, 0.4) is 0 Å². The van der Waals surface area contributed by atoms with Crippen LogP contribution in [0.25, 0.3) is 11.0 Å². The van der Waals surface area contributed by atoms with Crippen LogP contribution < -0.4 is 5.73 Å². The number of para-hydroxylation sites is 1. The highest BCUT2D eigenvalue weighted by Gasteiger charge is 2.11. The van der Waals surface area contributed by atoms with E-state index in [2.05, 4.69) is 27.0 Å². The van der Waals surface area contributed by atoms with Crippen LogP contribution in [-0.2, 0) is 6.54 Å². The van der Waals surface area contributed by atoms with Crippen molar-refractivity contribution in [2.24, 2.45) is 0 Å². The minimum absolute atomic E-state index is 0.471. The molecule has 0 amide bonds. The van der Waals surface area contributed by atoms with Gasteiger partial charge in [0.2, 0.25) is 5.95 Å². The average Bonchev–Trinajstić information content (AvgIpc) is 2.71. The number of anilines is 1. The molecule has 0 aliphatic heterocycles. The Morgan fingerprint density at radius 3 is 2.74 bits per heavy atom. The van der Waals surface area contributed by atoms with Gasteiger partial charge in [-0.2, -0.15) is 0 Å². The zero-order chi connectivity index (χ0) is 13.4. The van der Waals surface area contributed by atoms with Crippen molar-refractivity contribution in [2.75, 3.05) is 5.73 Å². The number of nitrogens with two attached hydrogens (primary N) is 1. The van der Waals surface area contributed by atoms with Crippen molar-refractivity contribution in [3.63, 3.8) is 0 Å². The molecule has 0 bridgehead atoms. The Morgan fingerprint density at radius 1 is 1.16 bits per heavy atom. The normalized spacial score (nSPS) is 11.1. The van der Waals surface area contributed by atoms with Gasteiger partial charge in [0, 0.05) is 4.47 Å². The molecule has 1 aromatic heterocycles. The van der Waals surface area contributed by atoms with Crippen LogP contribution in [-0.4, -0.2) is 9.55 Å². The molecule has 0 saturated heterocycles. The molecule has 0 aliphatic rings. The summed E-state index contributed by atoms with van der Waals surface area (Å²) in [5.41, 5.74) is 8.83. The van der Waals surface area contributed by atoms with Gasteiger partial charge in [0.05, 0.1) is 17.1 Å². The van der Waals surface area contributed by atoms with Gasteiger partial charge in [-0.1, -0.05) is 51.8 Å². The van der Waals surface area contributed by atoms with E-state index in [1.54, 1.807) is 0 Å². The first-order valence-electron chi connectivity index (χ1n) is 5.80. The first-order chi connectivity index (χ1) is 9.16. The zero-order valence-corrected chi connectivity index (χ0v) is 12.3. The average molecular weight is 337 g/mol. The van der Waals surface area contributed by atoms with Crippen LogP contribution in [0.5, 0.6) is 0 Å². The summed E-state index contributed by atoms with van der Waals surface area (Å²) in [5.74, 6) is 0.471. The van der Waals surface area contributed by atoms with Gasteiger partial charge >= 0.3 is 0 Å². The van der Waals surface area contributed by atoms with Crippen LogP contribution in [0.4, 0.5) is 5.95 Å². The Bertz CT molecular complexity index is 752. The van der Waals surface area contributed by atoms with Crippen LogP contribution in [0.15, 0.2) is 46.9 Å². The van der Waals surface area contributed by atoms with Crippen molar-refractivity contribution in [3.8, 4) is 0 Å². The Hall–Kier alpha value is -1.52. The van der Waals surface area contributed by atoms with Crippen molar-refractivity contribution in [3.05, 3.63) is 57.5 Å². The number of hydrogen-bond acceptors (Lipinski definition) is 2. The summed E-state index contributed by atoms with van der Waals surface area (Å²) in [6.07, 6.45) is 0. The topological polar surface area (TPSA) is 43.8 Å². The molecular weight excluding hydrogens is 326 g/mol. The molecule has 3 nitrogen and oxygen atoms in total. The summed E-state index contributed by atoms with van der Waals surface area (Å²) in [4.78, 5) is 4.33. The van der Waals surface area contributed by atoms with E-state index in [1.807, 2.05) is 41.0 Å². The maximum absolute atomic E-state index is 6.14. The van der Waals surface area contributed by atoms with Gasteiger partial charge in [0.1, 0.15) is 5.52 Å². The van der Waals surface area contributed by atoms with E-state index in [0.29, 0.717) is 17.5 Å². The lowest BCUT2D eigenvalue weighted by molar-refractivity contribution is 0.835. The highest BCUT2D eigenvalue weighted by molar-refractivity contribution is 9.10. The minimum Gasteiger partial charge on any atom is -0.369 e. The molecule has 0 spiro atoms.